The number of aromatic nitrogens is 2. The first-order valence-corrected chi connectivity index (χ1v) is 7.71. The SMILES string of the molecule is O=C1O[C@@](Nc2ncccn2)(c2ccc(Cl)cc2)c2ccccc21. The molecule has 1 aliphatic heterocycles. The number of carbonyl (C=O) groups is 1. The molecule has 24 heavy (non-hydrogen) atoms. The number of carbonyl (C=O) groups excluding carboxylic acids is 1. The van der Waals surface area contributed by atoms with E-state index in [0.29, 0.717) is 22.1 Å². The molecule has 0 saturated heterocycles. The summed E-state index contributed by atoms with van der Waals surface area (Å²) in [4.78, 5) is 20.8. The maximum absolute atomic E-state index is 12.4. The molecule has 0 bridgehead atoms. The van der Waals surface area contributed by atoms with Gasteiger partial charge in [-0.3, -0.25) is 0 Å². The Bertz CT molecular complexity index is 900. The van der Waals surface area contributed by atoms with Crippen molar-refractivity contribution in [1.82, 2.24) is 9.97 Å². The molecule has 2 heterocycles. The maximum atomic E-state index is 12.4. The van der Waals surface area contributed by atoms with Crippen molar-refractivity contribution in [3.8, 4) is 0 Å². The van der Waals surface area contributed by atoms with Crippen molar-refractivity contribution < 1.29 is 9.53 Å². The topological polar surface area (TPSA) is 64.1 Å². The molecule has 1 aliphatic rings. The van der Waals surface area contributed by atoms with E-state index in [1.807, 2.05) is 24.3 Å². The lowest BCUT2D eigenvalue weighted by Crippen LogP contribution is -2.37. The Morgan fingerprint density at radius 1 is 0.958 bits per heavy atom. The van der Waals surface area contributed by atoms with Crippen LogP contribution in [0.2, 0.25) is 5.02 Å². The molecule has 0 spiro atoms. The number of hydrogen-bond acceptors (Lipinski definition) is 5. The smallest absolute Gasteiger partial charge is 0.341 e. The average Bonchev–Trinajstić information content (AvgIpc) is 2.90. The van der Waals surface area contributed by atoms with Gasteiger partial charge in [-0.05, 0) is 24.3 Å². The average molecular weight is 338 g/mol. The number of esters is 1. The van der Waals surface area contributed by atoms with Crippen LogP contribution in [0.4, 0.5) is 5.95 Å². The van der Waals surface area contributed by atoms with E-state index in [4.69, 9.17) is 16.3 Å². The van der Waals surface area contributed by atoms with Gasteiger partial charge in [0.05, 0.1) is 5.56 Å². The van der Waals surface area contributed by atoms with E-state index in [0.717, 1.165) is 5.56 Å². The second kappa shape index (κ2) is 5.62. The Kier molecular flexibility index (Phi) is 3.43. The minimum Gasteiger partial charge on any atom is -0.426 e. The third-order valence-electron chi connectivity index (χ3n) is 3.88. The summed E-state index contributed by atoms with van der Waals surface area (Å²) in [7, 11) is 0. The lowest BCUT2D eigenvalue weighted by molar-refractivity contribution is 0.0210. The summed E-state index contributed by atoms with van der Waals surface area (Å²) in [5.74, 6) is -0.0408. The highest BCUT2D eigenvalue weighted by atomic mass is 35.5. The van der Waals surface area contributed by atoms with Crippen molar-refractivity contribution in [2.75, 3.05) is 5.32 Å². The zero-order chi connectivity index (χ0) is 16.6. The summed E-state index contributed by atoms with van der Waals surface area (Å²) in [6, 6.07) is 16.1. The number of cyclic esters (lactones) is 1. The first kappa shape index (κ1) is 14.7. The number of halogens is 1. The molecule has 4 rings (SSSR count). The molecule has 2 aromatic carbocycles. The first-order chi connectivity index (χ1) is 11.7. The fourth-order valence-corrected chi connectivity index (χ4v) is 2.93. The molecular weight excluding hydrogens is 326 g/mol. The molecule has 0 amide bonds. The van der Waals surface area contributed by atoms with Crippen molar-refractivity contribution in [3.63, 3.8) is 0 Å². The normalized spacial score (nSPS) is 18.8. The number of hydrogen-bond donors (Lipinski definition) is 1. The summed E-state index contributed by atoms with van der Waals surface area (Å²) in [5, 5.41) is 3.77. The number of nitrogens with zero attached hydrogens (tertiary/aromatic N) is 2. The molecule has 0 aliphatic carbocycles. The van der Waals surface area contributed by atoms with Crippen LogP contribution in [0.15, 0.2) is 67.0 Å². The fraction of sp³-hybridized carbons (Fsp3) is 0.0556. The van der Waals surface area contributed by atoms with Crippen LogP contribution < -0.4 is 5.32 Å². The molecule has 0 unspecified atom stereocenters. The fourth-order valence-electron chi connectivity index (χ4n) is 2.80. The Balaban J connectivity index is 1.91. The van der Waals surface area contributed by atoms with Crippen molar-refractivity contribution >= 4 is 23.5 Å². The molecule has 3 aromatic rings. The number of anilines is 1. The van der Waals surface area contributed by atoms with Gasteiger partial charge < -0.3 is 10.1 Å². The van der Waals surface area contributed by atoms with Crippen molar-refractivity contribution in [2.24, 2.45) is 0 Å². The second-order valence-electron chi connectivity index (χ2n) is 5.32. The molecule has 1 N–H and O–H groups in total. The van der Waals surface area contributed by atoms with E-state index < -0.39 is 11.7 Å². The molecule has 1 atom stereocenters. The third kappa shape index (κ3) is 2.30. The minimum absolute atomic E-state index is 0.358. The zero-order valence-corrected chi connectivity index (χ0v) is 13.2. The number of rotatable bonds is 3. The van der Waals surface area contributed by atoms with E-state index in [1.54, 1.807) is 42.7 Å². The largest absolute Gasteiger partial charge is 0.426 e. The van der Waals surface area contributed by atoms with Gasteiger partial charge in [0.15, 0.2) is 0 Å². The summed E-state index contributed by atoms with van der Waals surface area (Å²) in [6.07, 6.45) is 3.24. The Hall–Kier alpha value is -2.92. The highest BCUT2D eigenvalue weighted by Crippen LogP contribution is 2.42. The lowest BCUT2D eigenvalue weighted by Gasteiger charge is -2.30. The summed E-state index contributed by atoms with van der Waals surface area (Å²) in [6.45, 7) is 0. The molecule has 0 fully saturated rings. The van der Waals surface area contributed by atoms with Gasteiger partial charge in [-0.2, -0.15) is 0 Å². The van der Waals surface area contributed by atoms with Gasteiger partial charge in [-0.25, -0.2) is 14.8 Å². The van der Waals surface area contributed by atoms with Crippen LogP contribution in [0.1, 0.15) is 21.5 Å². The van der Waals surface area contributed by atoms with Crippen molar-refractivity contribution in [1.29, 1.82) is 0 Å². The van der Waals surface area contributed by atoms with E-state index in [1.165, 1.54) is 0 Å². The van der Waals surface area contributed by atoms with Gasteiger partial charge >= 0.3 is 5.97 Å². The zero-order valence-electron chi connectivity index (χ0n) is 12.4. The van der Waals surface area contributed by atoms with E-state index in [-0.39, 0.29) is 0 Å². The second-order valence-corrected chi connectivity index (χ2v) is 5.76. The Morgan fingerprint density at radius 2 is 1.67 bits per heavy atom. The van der Waals surface area contributed by atoms with Gasteiger partial charge in [-0.1, -0.05) is 41.9 Å². The van der Waals surface area contributed by atoms with E-state index in [2.05, 4.69) is 15.3 Å². The minimum atomic E-state index is -1.19. The highest BCUT2D eigenvalue weighted by molar-refractivity contribution is 6.30. The Labute approximate surface area is 143 Å². The molecule has 118 valence electrons. The van der Waals surface area contributed by atoms with Crippen LogP contribution in [0.25, 0.3) is 0 Å². The maximum Gasteiger partial charge on any atom is 0.341 e. The quantitative estimate of drug-likeness (QED) is 0.740. The predicted octanol–water partition coefficient (Wildman–Crippen LogP) is 3.61. The molecule has 0 radical (unpaired) electrons. The Morgan fingerprint density at radius 3 is 2.42 bits per heavy atom. The van der Waals surface area contributed by atoms with Crippen LogP contribution in [0, 0.1) is 0 Å². The summed E-state index contributed by atoms with van der Waals surface area (Å²) < 4.78 is 5.78. The first-order valence-electron chi connectivity index (χ1n) is 7.33. The third-order valence-corrected chi connectivity index (χ3v) is 4.13. The predicted molar refractivity (Wildman–Crippen MR) is 89.7 cm³/mol. The number of nitrogens with one attached hydrogen (secondary N) is 1. The van der Waals surface area contributed by atoms with Crippen LogP contribution in [-0.2, 0) is 10.5 Å². The molecular formula is C18H12ClN3O2. The van der Waals surface area contributed by atoms with E-state index >= 15 is 0 Å². The molecule has 1 aromatic heterocycles. The van der Waals surface area contributed by atoms with Gasteiger partial charge in [-0.15, -0.1) is 0 Å². The van der Waals surface area contributed by atoms with Gasteiger partial charge in [0, 0.05) is 28.5 Å². The highest BCUT2D eigenvalue weighted by Gasteiger charge is 2.47. The van der Waals surface area contributed by atoms with Crippen LogP contribution in [0.3, 0.4) is 0 Å². The number of fused-ring (bicyclic) bond motifs is 1. The van der Waals surface area contributed by atoms with Gasteiger partial charge in [0.1, 0.15) is 0 Å². The molecule has 6 heteroatoms. The van der Waals surface area contributed by atoms with Crippen molar-refractivity contribution in [2.45, 2.75) is 5.72 Å². The van der Waals surface area contributed by atoms with Gasteiger partial charge in [0.25, 0.3) is 0 Å². The summed E-state index contributed by atoms with van der Waals surface area (Å²) in [5.41, 5.74) is 0.762. The van der Waals surface area contributed by atoms with Gasteiger partial charge in [0.2, 0.25) is 11.7 Å². The molecule has 0 saturated carbocycles. The molecule has 5 nitrogen and oxygen atoms in total. The standard InChI is InChI=1S/C18H12ClN3O2/c19-13-8-6-12(7-9-13)18(22-17-20-10-3-11-21-17)15-5-2-1-4-14(15)16(23)24-18/h1-11H,(H,20,21,22)/t18-/m0/s1. The summed E-state index contributed by atoms with van der Waals surface area (Å²) >= 11 is 6.00. The van der Waals surface area contributed by atoms with E-state index in [9.17, 15) is 4.79 Å². The monoisotopic (exact) mass is 337 g/mol. The lowest BCUT2D eigenvalue weighted by atomic mass is 9.93. The van der Waals surface area contributed by atoms with Crippen LogP contribution >= 0.6 is 11.6 Å². The number of benzene rings is 2. The van der Waals surface area contributed by atoms with Crippen LogP contribution in [-0.4, -0.2) is 15.9 Å². The van der Waals surface area contributed by atoms with Crippen LogP contribution in [0.5, 0.6) is 0 Å². The van der Waals surface area contributed by atoms with Crippen molar-refractivity contribution in [3.05, 3.63) is 88.7 Å². The number of ether oxygens (including phenoxy) is 1.